The molecule has 3 aromatic rings. The minimum absolute atomic E-state index is 0.0239. The van der Waals surface area contributed by atoms with Crippen LogP contribution in [0.3, 0.4) is 0 Å². The molecule has 1 heterocycles. The molecule has 0 fully saturated rings. The van der Waals surface area contributed by atoms with Gasteiger partial charge in [-0.05, 0) is 30.3 Å². The molecule has 0 aliphatic heterocycles. The predicted octanol–water partition coefficient (Wildman–Crippen LogP) is 2.04. The van der Waals surface area contributed by atoms with Gasteiger partial charge in [0.25, 0.3) is 5.56 Å². The number of hydrogen-bond acceptors (Lipinski definition) is 3. The molecule has 0 bridgehead atoms. The van der Waals surface area contributed by atoms with E-state index in [2.05, 4.69) is 4.98 Å². The lowest BCUT2D eigenvalue weighted by Gasteiger charge is -2.10. The number of fused-ring (bicyclic) bond motifs is 1. The van der Waals surface area contributed by atoms with Gasteiger partial charge in [-0.2, -0.15) is 0 Å². The summed E-state index contributed by atoms with van der Waals surface area (Å²) in [7, 11) is 0. The number of benzene rings is 2. The number of aromatic amines is 1. The minimum atomic E-state index is -0.588. The van der Waals surface area contributed by atoms with E-state index in [-0.39, 0.29) is 5.75 Å². The molecule has 5 nitrogen and oxygen atoms in total. The van der Waals surface area contributed by atoms with Gasteiger partial charge in [0.15, 0.2) is 0 Å². The minimum Gasteiger partial charge on any atom is -0.508 e. The maximum atomic E-state index is 12.1. The zero-order chi connectivity index (χ0) is 14.3. The highest BCUT2D eigenvalue weighted by atomic mass is 35.5. The summed E-state index contributed by atoms with van der Waals surface area (Å²) in [6.45, 7) is 0. The number of phenolic OH excluding ortho intramolecular Hbond substituents is 1. The largest absolute Gasteiger partial charge is 0.508 e. The van der Waals surface area contributed by atoms with Crippen molar-refractivity contribution in [2.24, 2.45) is 0 Å². The van der Waals surface area contributed by atoms with Crippen LogP contribution in [0.2, 0.25) is 5.02 Å². The lowest BCUT2D eigenvalue weighted by Crippen LogP contribution is -2.29. The van der Waals surface area contributed by atoms with Crippen molar-refractivity contribution in [1.82, 2.24) is 9.55 Å². The normalized spacial score (nSPS) is 10.8. The predicted molar refractivity (Wildman–Crippen MR) is 76.8 cm³/mol. The van der Waals surface area contributed by atoms with Gasteiger partial charge in [0.05, 0.1) is 16.6 Å². The zero-order valence-corrected chi connectivity index (χ0v) is 10.9. The number of halogens is 1. The highest BCUT2D eigenvalue weighted by molar-refractivity contribution is 6.31. The molecule has 100 valence electrons. The summed E-state index contributed by atoms with van der Waals surface area (Å²) in [4.78, 5) is 26.1. The number of aromatic hydroxyl groups is 1. The van der Waals surface area contributed by atoms with Gasteiger partial charge in [0.2, 0.25) is 0 Å². The Hall–Kier alpha value is -2.53. The molecular formula is C14H9ClN2O3. The van der Waals surface area contributed by atoms with Crippen molar-refractivity contribution >= 4 is 22.5 Å². The highest BCUT2D eigenvalue weighted by Crippen LogP contribution is 2.20. The van der Waals surface area contributed by atoms with Crippen LogP contribution in [0, 0.1) is 0 Å². The third kappa shape index (κ3) is 1.98. The van der Waals surface area contributed by atoms with E-state index in [0.717, 1.165) is 0 Å². The van der Waals surface area contributed by atoms with Crippen LogP contribution in [0.15, 0.2) is 52.1 Å². The van der Waals surface area contributed by atoms with Crippen LogP contribution in [-0.2, 0) is 0 Å². The van der Waals surface area contributed by atoms with E-state index in [4.69, 9.17) is 11.6 Å². The number of nitrogens with one attached hydrogen (secondary N) is 1. The molecule has 0 aliphatic rings. The van der Waals surface area contributed by atoms with Gasteiger partial charge in [-0.3, -0.25) is 14.3 Å². The molecule has 0 saturated carbocycles. The standard InChI is InChI=1S/C14H9ClN2O3/c15-8-4-5-11-12(6-8)17(14(20)16-13(11)19)9-2-1-3-10(18)7-9/h1-7,18H,(H,16,19,20). The average Bonchev–Trinajstić information content (AvgIpc) is 2.38. The molecule has 0 saturated heterocycles. The molecule has 6 heteroatoms. The Kier molecular flexibility index (Phi) is 2.84. The molecular weight excluding hydrogens is 280 g/mol. The number of aromatic nitrogens is 2. The fraction of sp³-hybridized carbons (Fsp3) is 0. The first-order chi connectivity index (χ1) is 9.56. The second-order valence-corrected chi connectivity index (χ2v) is 4.71. The summed E-state index contributed by atoms with van der Waals surface area (Å²) in [6.07, 6.45) is 0. The monoisotopic (exact) mass is 288 g/mol. The molecule has 1 aromatic heterocycles. The summed E-state index contributed by atoms with van der Waals surface area (Å²) in [5.41, 5.74) is -0.233. The lowest BCUT2D eigenvalue weighted by atomic mass is 10.2. The summed E-state index contributed by atoms with van der Waals surface area (Å²) in [6, 6.07) is 10.9. The maximum Gasteiger partial charge on any atom is 0.333 e. The number of phenols is 1. The van der Waals surface area contributed by atoms with Crippen LogP contribution < -0.4 is 11.2 Å². The van der Waals surface area contributed by atoms with E-state index in [1.54, 1.807) is 24.3 Å². The number of H-pyrrole nitrogens is 1. The Balaban J connectivity index is 2.49. The van der Waals surface area contributed by atoms with E-state index in [1.807, 2.05) is 0 Å². The third-order valence-corrected chi connectivity index (χ3v) is 3.19. The van der Waals surface area contributed by atoms with Gasteiger partial charge in [0.1, 0.15) is 5.75 Å². The van der Waals surface area contributed by atoms with Crippen LogP contribution in [0.4, 0.5) is 0 Å². The van der Waals surface area contributed by atoms with E-state index in [1.165, 1.54) is 22.8 Å². The Morgan fingerprint density at radius 3 is 2.65 bits per heavy atom. The van der Waals surface area contributed by atoms with E-state index >= 15 is 0 Å². The van der Waals surface area contributed by atoms with Crippen LogP contribution in [-0.4, -0.2) is 14.7 Å². The Labute approximate surface area is 117 Å². The molecule has 0 amide bonds. The second kappa shape index (κ2) is 4.54. The van der Waals surface area contributed by atoms with Crippen LogP contribution in [0.5, 0.6) is 5.75 Å². The number of rotatable bonds is 1. The van der Waals surface area contributed by atoms with Gasteiger partial charge in [0, 0.05) is 11.1 Å². The molecule has 2 N–H and O–H groups in total. The highest BCUT2D eigenvalue weighted by Gasteiger charge is 2.10. The maximum absolute atomic E-state index is 12.1. The van der Waals surface area contributed by atoms with Crippen LogP contribution in [0.1, 0.15) is 0 Å². The quantitative estimate of drug-likeness (QED) is 0.719. The van der Waals surface area contributed by atoms with Crippen molar-refractivity contribution in [3.05, 3.63) is 68.3 Å². The SMILES string of the molecule is O=c1[nH]c(=O)n(-c2cccc(O)c2)c2cc(Cl)ccc12. The Bertz CT molecular complexity index is 928. The number of nitrogens with zero attached hydrogens (tertiary/aromatic N) is 1. The third-order valence-electron chi connectivity index (χ3n) is 2.96. The summed E-state index contributed by atoms with van der Waals surface area (Å²) in [5.74, 6) is 0.0239. The summed E-state index contributed by atoms with van der Waals surface area (Å²) < 4.78 is 1.29. The first-order valence-corrected chi connectivity index (χ1v) is 6.18. The van der Waals surface area contributed by atoms with Gasteiger partial charge in [-0.1, -0.05) is 17.7 Å². The van der Waals surface area contributed by atoms with Crippen LogP contribution in [0.25, 0.3) is 16.6 Å². The van der Waals surface area contributed by atoms with Gasteiger partial charge in [-0.25, -0.2) is 4.79 Å². The van der Waals surface area contributed by atoms with Crippen molar-refractivity contribution in [2.75, 3.05) is 0 Å². The first-order valence-electron chi connectivity index (χ1n) is 5.80. The van der Waals surface area contributed by atoms with Gasteiger partial charge < -0.3 is 5.11 Å². The fourth-order valence-corrected chi connectivity index (χ4v) is 2.27. The molecule has 0 aliphatic carbocycles. The van der Waals surface area contributed by atoms with E-state index in [0.29, 0.717) is 21.6 Å². The van der Waals surface area contributed by atoms with Gasteiger partial charge in [-0.15, -0.1) is 0 Å². The lowest BCUT2D eigenvalue weighted by molar-refractivity contribution is 0.475. The topological polar surface area (TPSA) is 75.1 Å². The smallest absolute Gasteiger partial charge is 0.333 e. The van der Waals surface area contributed by atoms with E-state index in [9.17, 15) is 14.7 Å². The molecule has 0 spiro atoms. The van der Waals surface area contributed by atoms with Gasteiger partial charge >= 0.3 is 5.69 Å². The second-order valence-electron chi connectivity index (χ2n) is 4.28. The van der Waals surface area contributed by atoms with Crippen molar-refractivity contribution in [2.45, 2.75) is 0 Å². The average molecular weight is 289 g/mol. The molecule has 20 heavy (non-hydrogen) atoms. The summed E-state index contributed by atoms with van der Waals surface area (Å²) in [5, 5.41) is 10.3. The first kappa shape index (κ1) is 12.5. The fourth-order valence-electron chi connectivity index (χ4n) is 2.10. The van der Waals surface area contributed by atoms with Crippen molar-refractivity contribution in [3.8, 4) is 11.4 Å². The van der Waals surface area contributed by atoms with Crippen molar-refractivity contribution < 1.29 is 5.11 Å². The van der Waals surface area contributed by atoms with Crippen molar-refractivity contribution in [1.29, 1.82) is 0 Å². The van der Waals surface area contributed by atoms with E-state index < -0.39 is 11.2 Å². The van der Waals surface area contributed by atoms with Crippen molar-refractivity contribution in [3.63, 3.8) is 0 Å². The molecule has 3 rings (SSSR count). The molecule has 0 unspecified atom stereocenters. The molecule has 2 aromatic carbocycles. The molecule has 0 atom stereocenters. The number of hydrogen-bond donors (Lipinski definition) is 2. The Morgan fingerprint density at radius 2 is 1.90 bits per heavy atom. The molecule has 0 radical (unpaired) electrons. The summed E-state index contributed by atoms with van der Waals surface area (Å²) >= 11 is 5.94. The Morgan fingerprint density at radius 1 is 1.10 bits per heavy atom. The zero-order valence-electron chi connectivity index (χ0n) is 10.1. The van der Waals surface area contributed by atoms with Crippen LogP contribution >= 0.6 is 11.6 Å².